The molecule has 7 heteroatoms. The van der Waals surface area contributed by atoms with E-state index < -0.39 is 9.84 Å². The van der Waals surface area contributed by atoms with Gasteiger partial charge in [-0.05, 0) is 43.7 Å². The van der Waals surface area contributed by atoms with E-state index in [1.54, 1.807) is 19.1 Å². The number of anilines is 1. The molecule has 1 heterocycles. The summed E-state index contributed by atoms with van der Waals surface area (Å²) in [5.41, 5.74) is 4.37. The Morgan fingerprint density at radius 3 is 2.67 bits per heavy atom. The van der Waals surface area contributed by atoms with Gasteiger partial charge >= 0.3 is 0 Å². The number of amides is 1. The van der Waals surface area contributed by atoms with Gasteiger partial charge in [0.15, 0.2) is 15.0 Å². The molecule has 3 rings (SSSR count). The van der Waals surface area contributed by atoms with Crippen molar-refractivity contribution in [2.45, 2.75) is 25.7 Å². The number of rotatable bonds is 5. The molecule has 1 N–H and O–H groups in total. The van der Waals surface area contributed by atoms with Crippen molar-refractivity contribution in [3.05, 3.63) is 64.5 Å². The van der Waals surface area contributed by atoms with Gasteiger partial charge in [-0.25, -0.2) is 13.4 Å². The number of carbonyl (C=O) groups is 1. The fraction of sp³-hybridized carbons (Fsp3) is 0.200. The summed E-state index contributed by atoms with van der Waals surface area (Å²) < 4.78 is 24.0. The molecule has 1 amide bonds. The normalized spacial score (nSPS) is 11.4. The van der Waals surface area contributed by atoms with Gasteiger partial charge in [0.25, 0.3) is 5.91 Å². The second-order valence-corrected chi connectivity index (χ2v) is 9.38. The van der Waals surface area contributed by atoms with E-state index in [0.717, 1.165) is 22.4 Å². The number of hydrogen-bond donors (Lipinski definition) is 1. The highest BCUT2D eigenvalue weighted by molar-refractivity contribution is 7.91. The minimum Gasteiger partial charge on any atom is -0.298 e. The van der Waals surface area contributed by atoms with E-state index in [4.69, 9.17) is 0 Å². The van der Waals surface area contributed by atoms with Crippen LogP contribution in [0.2, 0.25) is 0 Å². The third-order valence-electron chi connectivity index (χ3n) is 4.23. The number of thiazole rings is 1. The number of hydrogen-bond acceptors (Lipinski definition) is 5. The zero-order valence-corrected chi connectivity index (χ0v) is 16.9. The number of aryl methyl sites for hydroxylation is 2. The average molecular weight is 401 g/mol. The molecule has 0 unspecified atom stereocenters. The van der Waals surface area contributed by atoms with Crippen LogP contribution in [0, 0.1) is 13.8 Å². The number of benzene rings is 2. The quantitative estimate of drug-likeness (QED) is 0.685. The maximum Gasteiger partial charge on any atom is 0.257 e. The predicted octanol–water partition coefficient (Wildman–Crippen LogP) is 4.47. The van der Waals surface area contributed by atoms with Gasteiger partial charge in [0.1, 0.15) is 0 Å². The van der Waals surface area contributed by atoms with E-state index in [0.29, 0.717) is 5.13 Å². The molecular weight excluding hydrogens is 380 g/mol. The summed E-state index contributed by atoms with van der Waals surface area (Å²) >= 11 is 1.33. The van der Waals surface area contributed by atoms with Gasteiger partial charge in [-0.1, -0.05) is 30.7 Å². The molecule has 0 aliphatic heterocycles. The molecule has 1 aromatic heterocycles. The molecule has 27 heavy (non-hydrogen) atoms. The maximum absolute atomic E-state index is 12.5. The average Bonchev–Trinajstić information content (AvgIpc) is 3.12. The first-order valence-corrected chi connectivity index (χ1v) is 11.0. The van der Waals surface area contributed by atoms with Gasteiger partial charge in [-0.15, -0.1) is 11.3 Å². The zero-order valence-electron chi connectivity index (χ0n) is 15.3. The predicted molar refractivity (Wildman–Crippen MR) is 109 cm³/mol. The molecule has 0 fully saturated rings. The van der Waals surface area contributed by atoms with E-state index in [2.05, 4.69) is 16.4 Å². The molecule has 0 saturated heterocycles. The molecule has 0 radical (unpaired) electrons. The Labute approximate surface area is 163 Å². The second kappa shape index (κ2) is 7.62. The lowest BCUT2D eigenvalue weighted by molar-refractivity contribution is 0.102. The topological polar surface area (TPSA) is 76.1 Å². The van der Waals surface area contributed by atoms with Gasteiger partial charge in [-0.2, -0.15) is 0 Å². The van der Waals surface area contributed by atoms with Gasteiger partial charge in [0.2, 0.25) is 0 Å². The number of aromatic nitrogens is 1. The van der Waals surface area contributed by atoms with E-state index in [9.17, 15) is 13.2 Å². The van der Waals surface area contributed by atoms with Crippen LogP contribution in [0.15, 0.2) is 52.7 Å². The standard InChI is InChI=1S/C20H20N2O3S2/c1-4-27(24,25)16-7-5-6-15(11-16)19(23)22-20-21-18(12-26-20)17-10-13(2)8-9-14(17)3/h5-12H,4H2,1-3H3,(H,21,22,23). The van der Waals surface area contributed by atoms with Crippen molar-refractivity contribution in [2.24, 2.45) is 0 Å². The summed E-state index contributed by atoms with van der Waals surface area (Å²) in [5.74, 6) is -0.394. The molecule has 0 spiro atoms. The van der Waals surface area contributed by atoms with Crippen molar-refractivity contribution in [3.63, 3.8) is 0 Å². The molecule has 2 aromatic carbocycles. The van der Waals surface area contributed by atoms with Crippen molar-refractivity contribution >= 4 is 32.2 Å². The van der Waals surface area contributed by atoms with Crippen LogP contribution in [-0.2, 0) is 9.84 Å². The molecule has 0 saturated carbocycles. The molecule has 0 aliphatic rings. The first kappa shape index (κ1) is 19.3. The first-order valence-electron chi connectivity index (χ1n) is 8.47. The summed E-state index contributed by atoms with van der Waals surface area (Å²) in [7, 11) is -3.36. The van der Waals surface area contributed by atoms with Gasteiger partial charge in [0.05, 0.1) is 16.3 Å². The Hall–Kier alpha value is -2.51. The lowest BCUT2D eigenvalue weighted by Crippen LogP contribution is -2.13. The second-order valence-electron chi connectivity index (χ2n) is 6.24. The molecular formula is C20H20N2O3S2. The number of nitrogens with zero attached hydrogens (tertiary/aromatic N) is 1. The minimum absolute atomic E-state index is 0.0102. The van der Waals surface area contributed by atoms with Crippen molar-refractivity contribution in [1.82, 2.24) is 4.98 Å². The number of carbonyl (C=O) groups excluding carboxylic acids is 1. The Kier molecular flexibility index (Phi) is 5.43. The highest BCUT2D eigenvalue weighted by Gasteiger charge is 2.16. The largest absolute Gasteiger partial charge is 0.298 e. The highest BCUT2D eigenvalue weighted by atomic mass is 32.2. The minimum atomic E-state index is -3.36. The van der Waals surface area contributed by atoms with E-state index >= 15 is 0 Å². The van der Waals surface area contributed by atoms with E-state index in [1.807, 2.05) is 31.4 Å². The first-order chi connectivity index (χ1) is 12.8. The number of nitrogens with one attached hydrogen (secondary N) is 1. The Morgan fingerprint density at radius 1 is 1.15 bits per heavy atom. The van der Waals surface area contributed by atoms with Crippen LogP contribution in [0.5, 0.6) is 0 Å². The smallest absolute Gasteiger partial charge is 0.257 e. The summed E-state index contributed by atoms with van der Waals surface area (Å²) in [5, 5.41) is 5.12. The highest BCUT2D eigenvalue weighted by Crippen LogP contribution is 2.28. The van der Waals surface area contributed by atoms with Crippen molar-refractivity contribution < 1.29 is 13.2 Å². The fourth-order valence-corrected chi connectivity index (χ4v) is 4.26. The Bertz CT molecular complexity index is 1100. The van der Waals surface area contributed by atoms with Crippen LogP contribution in [0.25, 0.3) is 11.3 Å². The summed E-state index contributed by atoms with van der Waals surface area (Å²) in [6.07, 6.45) is 0. The molecule has 0 atom stereocenters. The summed E-state index contributed by atoms with van der Waals surface area (Å²) in [6, 6.07) is 12.2. The lowest BCUT2D eigenvalue weighted by Gasteiger charge is -2.06. The third kappa shape index (κ3) is 4.26. The van der Waals surface area contributed by atoms with Gasteiger partial charge in [0, 0.05) is 16.5 Å². The lowest BCUT2D eigenvalue weighted by atomic mass is 10.0. The van der Waals surface area contributed by atoms with Crippen LogP contribution in [0.1, 0.15) is 28.4 Å². The van der Waals surface area contributed by atoms with Gasteiger partial charge < -0.3 is 0 Å². The molecule has 140 valence electrons. The van der Waals surface area contributed by atoms with Crippen LogP contribution in [-0.4, -0.2) is 25.1 Å². The maximum atomic E-state index is 12.5. The molecule has 0 bridgehead atoms. The molecule has 5 nitrogen and oxygen atoms in total. The SMILES string of the molecule is CCS(=O)(=O)c1cccc(C(=O)Nc2nc(-c3cc(C)ccc3C)cs2)c1. The van der Waals surface area contributed by atoms with Crippen molar-refractivity contribution in [2.75, 3.05) is 11.1 Å². The van der Waals surface area contributed by atoms with Crippen molar-refractivity contribution in [1.29, 1.82) is 0 Å². The van der Waals surface area contributed by atoms with E-state index in [1.165, 1.54) is 23.5 Å². The van der Waals surface area contributed by atoms with Gasteiger partial charge in [-0.3, -0.25) is 10.1 Å². The molecule has 3 aromatic rings. The van der Waals surface area contributed by atoms with Crippen molar-refractivity contribution in [3.8, 4) is 11.3 Å². The summed E-state index contributed by atoms with van der Waals surface area (Å²) in [4.78, 5) is 17.2. The van der Waals surface area contributed by atoms with E-state index in [-0.39, 0.29) is 22.1 Å². The fourth-order valence-electron chi connectivity index (χ4n) is 2.63. The monoisotopic (exact) mass is 400 g/mol. The van der Waals surface area contributed by atoms with Crippen LogP contribution >= 0.6 is 11.3 Å². The Balaban J connectivity index is 1.83. The summed E-state index contributed by atoms with van der Waals surface area (Å²) in [6.45, 7) is 5.62. The Morgan fingerprint density at radius 2 is 1.93 bits per heavy atom. The van der Waals surface area contributed by atoms with Crippen LogP contribution < -0.4 is 5.32 Å². The molecule has 0 aliphatic carbocycles. The van der Waals surface area contributed by atoms with Crippen LogP contribution in [0.4, 0.5) is 5.13 Å². The zero-order chi connectivity index (χ0) is 19.6. The number of sulfone groups is 1. The third-order valence-corrected chi connectivity index (χ3v) is 6.72. The van der Waals surface area contributed by atoms with Crippen LogP contribution in [0.3, 0.4) is 0 Å².